The van der Waals surface area contributed by atoms with Crippen LogP contribution in [0, 0.1) is 11.8 Å². The van der Waals surface area contributed by atoms with Gasteiger partial charge < -0.3 is 4.74 Å². The van der Waals surface area contributed by atoms with E-state index in [-0.39, 0.29) is 6.04 Å². The Kier molecular flexibility index (Phi) is 3.85. The Balaban J connectivity index is 2.39. The molecule has 0 spiro atoms. The highest BCUT2D eigenvalue weighted by Gasteiger charge is 2.15. The van der Waals surface area contributed by atoms with Crippen LogP contribution in [0.4, 0.5) is 0 Å². The van der Waals surface area contributed by atoms with Crippen molar-refractivity contribution in [3.05, 3.63) is 0 Å². The molecule has 0 aliphatic carbocycles. The fourth-order valence-corrected chi connectivity index (χ4v) is 1.81. The zero-order valence-corrected chi connectivity index (χ0v) is 9.53. The molecule has 4 heteroatoms. The summed E-state index contributed by atoms with van der Waals surface area (Å²) in [5.41, 5.74) is -0.455. The normalized spacial score (nSPS) is 21.2. The molecule has 1 unspecified atom stereocenters. The molecule has 0 saturated carbocycles. The molecular formula is C10H15NO2S. The molecule has 1 heterocycles. The minimum atomic E-state index is -0.455. The van der Waals surface area contributed by atoms with Crippen molar-refractivity contribution >= 4 is 17.7 Å². The summed E-state index contributed by atoms with van der Waals surface area (Å²) in [5, 5.41) is 3.16. The number of ether oxygens (including phenoxy) is 1. The Hall–Kier alpha value is -0.660. The van der Waals surface area contributed by atoms with Gasteiger partial charge in [0.15, 0.2) is 0 Å². The number of nitrogens with one attached hydrogen (secondary N) is 1. The molecule has 0 amide bonds. The van der Waals surface area contributed by atoms with E-state index in [1.165, 1.54) is 0 Å². The predicted octanol–water partition coefficient (Wildman–Crippen LogP) is 0.994. The maximum absolute atomic E-state index is 11.2. The van der Waals surface area contributed by atoms with Crippen molar-refractivity contribution in [1.29, 1.82) is 0 Å². The van der Waals surface area contributed by atoms with Gasteiger partial charge in [0.1, 0.15) is 5.60 Å². The van der Waals surface area contributed by atoms with Crippen molar-refractivity contribution in [2.24, 2.45) is 0 Å². The maximum atomic E-state index is 11.2. The Morgan fingerprint density at radius 3 is 2.79 bits per heavy atom. The van der Waals surface area contributed by atoms with Crippen molar-refractivity contribution in [3.8, 4) is 11.8 Å². The molecule has 78 valence electrons. The topological polar surface area (TPSA) is 38.3 Å². The lowest BCUT2D eigenvalue weighted by atomic mass is 10.2. The van der Waals surface area contributed by atoms with Gasteiger partial charge in [0.25, 0.3) is 0 Å². The van der Waals surface area contributed by atoms with Gasteiger partial charge in [-0.2, -0.15) is 0 Å². The Morgan fingerprint density at radius 1 is 1.57 bits per heavy atom. The van der Waals surface area contributed by atoms with E-state index in [0.29, 0.717) is 0 Å². The highest BCUT2D eigenvalue weighted by molar-refractivity contribution is 7.99. The Bertz CT molecular complexity index is 266. The van der Waals surface area contributed by atoms with E-state index in [4.69, 9.17) is 4.74 Å². The molecule has 1 saturated heterocycles. The van der Waals surface area contributed by atoms with Crippen LogP contribution < -0.4 is 5.32 Å². The summed E-state index contributed by atoms with van der Waals surface area (Å²) in [5.74, 6) is 6.74. The quantitative estimate of drug-likeness (QED) is 0.370. The minimum Gasteiger partial charge on any atom is -0.450 e. The molecule has 1 N–H and O–H groups in total. The lowest BCUT2D eigenvalue weighted by molar-refractivity contribution is -0.147. The summed E-state index contributed by atoms with van der Waals surface area (Å²) in [6.45, 7) is 5.49. The van der Waals surface area contributed by atoms with Crippen LogP contribution in [-0.4, -0.2) is 29.2 Å². The molecular weight excluding hydrogens is 198 g/mol. The van der Waals surface area contributed by atoms with Crippen molar-refractivity contribution in [2.75, 3.05) is 11.6 Å². The fraction of sp³-hybridized carbons (Fsp3) is 0.700. The third-order valence-electron chi connectivity index (χ3n) is 1.46. The molecule has 1 aliphatic heterocycles. The van der Waals surface area contributed by atoms with E-state index in [0.717, 1.165) is 11.6 Å². The van der Waals surface area contributed by atoms with Crippen LogP contribution in [0.1, 0.15) is 20.8 Å². The summed E-state index contributed by atoms with van der Waals surface area (Å²) >= 11 is 1.78. The van der Waals surface area contributed by atoms with Gasteiger partial charge in [0.2, 0.25) is 0 Å². The SMILES string of the molecule is CC(C)(C)OC(=O)C#CC1CSCN1. The lowest BCUT2D eigenvalue weighted by Crippen LogP contribution is -2.24. The highest BCUT2D eigenvalue weighted by Crippen LogP contribution is 2.09. The van der Waals surface area contributed by atoms with Gasteiger partial charge in [-0.15, -0.1) is 11.8 Å². The maximum Gasteiger partial charge on any atom is 0.384 e. The van der Waals surface area contributed by atoms with E-state index in [1.54, 1.807) is 11.8 Å². The molecule has 0 aromatic heterocycles. The van der Waals surface area contributed by atoms with Crippen LogP contribution in [0.3, 0.4) is 0 Å². The standard InChI is InChI=1S/C10H15NO2S/c1-10(2,3)13-9(12)5-4-8-6-14-7-11-8/h8,11H,6-7H2,1-3H3. The largest absolute Gasteiger partial charge is 0.450 e. The highest BCUT2D eigenvalue weighted by atomic mass is 32.2. The molecule has 0 aromatic carbocycles. The first kappa shape index (κ1) is 11.4. The summed E-state index contributed by atoms with van der Waals surface area (Å²) in [6.07, 6.45) is 0. The number of esters is 1. The van der Waals surface area contributed by atoms with Crippen LogP contribution in [0.25, 0.3) is 0 Å². The van der Waals surface area contributed by atoms with Gasteiger partial charge in [0.05, 0.1) is 6.04 Å². The zero-order chi connectivity index (χ0) is 10.6. The van der Waals surface area contributed by atoms with Crippen molar-refractivity contribution in [2.45, 2.75) is 32.4 Å². The second-order valence-electron chi connectivity index (χ2n) is 4.04. The molecule has 1 fully saturated rings. The van der Waals surface area contributed by atoms with Crippen molar-refractivity contribution < 1.29 is 9.53 Å². The zero-order valence-electron chi connectivity index (χ0n) is 8.72. The fourth-order valence-electron chi connectivity index (χ4n) is 0.938. The molecule has 0 aromatic rings. The first-order valence-electron chi connectivity index (χ1n) is 4.53. The second-order valence-corrected chi connectivity index (χ2v) is 5.07. The van der Waals surface area contributed by atoms with E-state index in [9.17, 15) is 4.79 Å². The van der Waals surface area contributed by atoms with Gasteiger partial charge in [0, 0.05) is 17.6 Å². The monoisotopic (exact) mass is 213 g/mol. The van der Waals surface area contributed by atoms with E-state index in [2.05, 4.69) is 17.2 Å². The summed E-state index contributed by atoms with van der Waals surface area (Å²) in [4.78, 5) is 11.2. The molecule has 0 radical (unpaired) electrons. The predicted molar refractivity (Wildman–Crippen MR) is 57.9 cm³/mol. The average Bonchev–Trinajstić information content (AvgIpc) is 2.49. The summed E-state index contributed by atoms with van der Waals surface area (Å²) in [6, 6.07) is 0.132. The number of rotatable bonds is 0. The van der Waals surface area contributed by atoms with Gasteiger partial charge in [-0.1, -0.05) is 5.92 Å². The van der Waals surface area contributed by atoms with Crippen molar-refractivity contribution in [1.82, 2.24) is 5.32 Å². The van der Waals surface area contributed by atoms with Crippen LogP contribution in [0.5, 0.6) is 0 Å². The number of hydrogen-bond donors (Lipinski definition) is 1. The molecule has 0 bridgehead atoms. The van der Waals surface area contributed by atoms with Gasteiger partial charge >= 0.3 is 5.97 Å². The van der Waals surface area contributed by atoms with E-state index >= 15 is 0 Å². The molecule has 3 nitrogen and oxygen atoms in total. The van der Waals surface area contributed by atoms with Gasteiger partial charge in [-0.25, -0.2) is 4.79 Å². The molecule has 1 rings (SSSR count). The second kappa shape index (κ2) is 4.72. The van der Waals surface area contributed by atoms with Crippen LogP contribution >= 0.6 is 11.8 Å². The molecule has 1 atom stereocenters. The van der Waals surface area contributed by atoms with Gasteiger partial charge in [-0.05, 0) is 20.8 Å². The minimum absolute atomic E-state index is 0.132. The van der Waals surface area contributed by atoms with Crippen LogP contribution in [0.15, 0.2) is 0 Å². The summed E-state index contributed by atoms with van der Waals surface area (Å²) < 4.78 is 5.05. The summed E-state index contributed by atoms with van der Waals surface area (Å²) in [7, 11) is 0. The van der Waals surface area contributed by atoms with E-state index < -0.39 is 11.6 Å². The first-order chi connectivity index (χ1) is 6.47. The number of hydrogen-bond acceptors (Lipinski definition) is 4. The number of thioether (sulfide) groups is 1. The number of carbonyl (C=O) groups excluding carboxylic acids is 1. The van der Waals surface area contributed by atoms with Gasteiger partial charge in [-0.3, -0.25) is 5.32 Å². The third-order valence-corrected chi connectivity index (χ3v) is 2.40. The van der Waals surface area contributed by atoms with Crippen molar-refractivity contribution in [3.63, 3.8) is 0 Å². The smallest absolute Gasteiger partial charge is 0.384 e. The third kappa shape index (κ3) is 4.54. The van der Waals surface area contributed by atoms with E-state index in [1.807, 2.05) is 20.8 Å². The lowest BCUT2D eigenvalue weighted by Gasteiger charge is -2.16. The Morgan fingerprint density at radius 2 is 2.29 bits per heavy atom. The number of carbonyl (C=O) groups is 1. The average molecular weight is 213 g/mol. The van der Waals surface area contributed by atoms with Crippen LogP contribution in [0.2, 0.25) is 0 Å². The Labute approximate surface area is 89.0 Å². The molecule has 1 aliphatic rings. The first-order valence-corrected chi connectivity index (χ1v) is 5.68. The van der Waals surface area contributed by atoms with Crippen LogP contribution in [-0.2, 0) is 9.53 Å². The molecule has 14 heavy (non-hydrogen) atoms.